The van der Waals surface area contributed by atoms with Crippen molar-refractivity contribution in [2.75, 3.05) is 0 Å². The lowest BCUT2D eigenvalue weighted by atomic mass is 9.93. The van der Waals surface area contributed by atoms with Gasteiger partial charge in [-0.1, -0.05) is 6.07 Å². The highest BCUT2D eigenvalue weighted by molar-refractivity contribution is 9.10. The number of amides is 1. The van der Waals surface area contributed by atoms with Gasteiger partial charge in [-0.2, -0.15) is 0 Å². The van der Waals surface area contributed by atoms with Crippen LogP contribution in [0.3, 0.4) is 0 Å². The maximum absolute atomic E-state index is 11.9. The van der Waals surface area contributed by atoms with Crippen LogP contribution in [-0.4, -0.2) is 28.8 Å². The summed E-state index contributed by atoms with van der Waals surface area (Å²) in [6.45, 7) is 5.61. The van der Waals surface area contributed by atoms with Crippen LogP contribution in [0.4, 0.5) is 4.79 Å². The van der Waals surface area contributed by atoms with E-state index < -0.39 is 5.60 Å². The van der Waals surface area contributed by atoms with E-state index in [9.17, 15) is 4.79 Å². The zero-order chi connectivity index (χ0) is 18.7. The van der Waals surface area contributed by atoms with Crippen LogP contribution in [-0.2, 0) is 4.74 Å². The van der Waals surface area contributed by atoms with Crippen LogP contribution >= 0.6 is 15.9 Å². The van der Waals surface area contributed by atoms with E-state index >= 15 is 0 Å². The van der Waals surface area contributed by atoms with Crippen molar-refractivity contribution in [3.05, 3.63) is 34.9 Å². The van der Waals surface area contributed by atoms with Gasteiger partial charge in [0.25, 0.3) is 0 Å². The first-order valence-corrected chi connectivity index (χ1v) is 9.80. The van der Waals surface area contributed by atoms with Gasteiger partial charge in [-0.15, -0.1) is 0 Å². The molecule has 1 saturated carbocycles. The number of aromatic nitrogens is 1. The van der Waals surface area contributed by atoms with Gasteiger partial charge in [0.05, 0.1) is 11.6 Å². The van der Waals surface area contributed by atoms with Gasteiger partial charge in [0.2, 0.25) is 0 Å². The van der Waals surface area contributed by atoms with Crippen LogP contribution in [0.1, 0.15) is 46.5 Å². The predicted molar refractivity (Wildman–Crippen MR) is 105 cm³/mol. The maximum atomic E-state index is 11.9. The maximum Gasteiger partial charge on any atom is 0.407 e. The molecule has 1 aromatic carbocycles. The average Bonchev–Trinajstić information content (AvgIpc) is 2.56. The van der Waals surface area contributed by atoms with E-state index in [1.54, 1.807) is 6.20 Å². The lowest BCUT2D eigenvalue weighted by Gasteiger charge is -2.30. The molecule has 0 radical (unpaired) electrons. The summed E-state index contributed by atoms with van der Waals surface area (Å²) in [7, 11) is 0. The first kappa shape index (κ1) is 19.0. The third-order valence-electron chi connectivity index (χ3n) is 4.37. The van der Waals surface area contributed by atoms with Gasteiger partial charge in [0.15, 0.2) is 0 Å². The first-order valence-electron chi connectivity index (χ1n) is 9.01. The van der Waals surface area contributed by atoms with Gasteiger partial charge < -0.3 is 14.8 Å². The number of pyridine rings is 1. The highest BCUT2D eigenvalue weighted by Crippen LogP contribution is 2.31. The van der Waals surface area contributed by atoms with E-state index in [1.165, 1.54) is 0 Å². The van der Waals surface area contributed by atoms with Gasteiger partial charge in [-0.05, 0) is 80.6 Å². The summed E-state index contributed by atoms with van der Waals surface area (Å²) in [5.41, 5.74) is 0.437. The standard InChI is InChI=1S/C20H25BrN2O3/c1-20(2,3)26-19(24)23-13-7-9-14(10-8-13)25-17-11-12-22-18-15(17)5-4-6-16(18)21/h4-6,11-14H,7-10H2,1-3H3,(H,23,24)/t13-,14-. The molecule has 3 rings (SSSR count). The van der Waals surface area contributed by atoms with Gasteiger partial charge in [0.1, 0.15) is 11.4 Å². The van der Waals surface area contributed by atoms with Crippen molar-refractivity contribution in [3.63, 3.8) is 0 Å². The number of hydrogen-bond donors (Lipinski definition) is 1. The van der Waals surface area contributed by atoms with Crippen LogP contribution < -0.4 is 10.1 Å². The Balaban J connectivity index is 1.57. The number of nitrogens with one attached hydrogen (secondary N) is 1. The van der Waals surface area contributed by atoms with Crippen molar-refractivity contribution in [3.8, 4) is 5.75 Å². The Morgan fingerprint density at radius 3 is 2.62 bits per heavy atom. The molecule has 0 bridgehead atoms. The monoisotopic (exact) mass is 420 g/mol. The van der Waals surface area contributed by atoms with E-state index in [4.69, 9.17) is 9.47 Å². The molecular formula is C20H25BrN2O3. The van der Waals surface area contributed by atoms with Crippen LogP contribution in [0.15, 0.2) is 34.9 Å². The van der Waals surface area contributed by atoms with E-state index in [0.717, 1.165) is 46.8 Å². The number of nitrogens with zero attached hydrogens (tertiary/aromatic N) is 1. The molecule has 0 unspecified atom stereocenters. The van der Waals surface area contributed by atoms with Gasteiger partial charge >= 0.3 is 6.09 Å². The highest BCUT2D eigenvalue weighted by atomic mass is 79.9. The number of carbonyl (C=O) groups is 1. The van der Waals surface area contributed by atoms with Crippen molar-refractivity contribution < 1.29 is 14.3 Å². The lowest BCUT2D eigenvalue weighted by Crippen LogP contribution is -2.42. The summed E-state index contributed by atoms with van der Waals surface area (Å²) < 4.78 is 12.5. The van der Waals surface area contributed by atoms with Gasteiger partial charge in [0, 0.05) is 22.1 Å². The molecule has 1 heterocycles. The van der Waals surface area contributed by atoms with Crippen molar-refractivity contribution in [1.82, 2.24) is 10.3 Å². The fourth-order valence-corrected chi connectivity index (χ4v) is 3.66. The van der Waals surface area contributed by atoms with Crippen molar-refractivity contribution in [2.24, 2.45) is 0 Å². The summed E-state index contributed by atoms with van der Waals surface area (Å²) in [6.07, 6.45) is 5.16. The minimum absolute atomic E-state index is 0.146. The number of benzene rings is 1. The number of halogens is 1. The second-order valence-corrected chi connectivity index (χ2v) is 8.54. The van der Waals surface area contributed by atoms with Crippen LogP contribution in [0.5, 0.6) is 5.75 Å². The fraction of sp³-hybridized carbons (Fsp3) is 0.500. The second-order valence-electron chi connectivity index (χ2n) is 7.68. The van der Waals surface area contributed by atoms with E-state index in [1.807, 2.05) is 45.0 Å². The number of fused-ring (bicyclic) bond motifs is 1. The molecule has 1 fully saturated rings. The van der Waals surface area contributed by atoms with Crippen LogP contribution in [0.2, 0.25) is 0 Å². The van der Waals surface area contributed by atoms with Crippen molar-refractivity contribution >= 4 is 32.9 Å². The van der Waals surface area contributed by atoms with Gasteiger partial charge in [-0.25, -0.2) is 4.79 Å². The number of alkyl carbamates (subject to hydrolysis) is 1. The van der Waals surface area contributed by atoms with E-state index in [2.05, 4.69) is 26.2 Å². The molecule has 26 heavy (non-hydrogen) atoms. The molecule has 1 aliphatic carbocycles. The fourth-order valence-electron chi connectivity index (χ4n) is 3.20. The Morgan fingerprint density at radius 2 is 1.92 bits per heavy atom. The lowest BCUT2D eigenvalue weighted by molar-refractivity contribution is 0.0471. The highest BCUT2D eigenvalue weighted by Gasteiger charge is 2.26. The summed E-state index contributed by atoms with van der Waals surface area (Å²) in [6, 6.07) is 8.06. The number of para-hydroxylation sites is 1. The summed E-state index contributed by atoms with van der Waals surface area (Å²) in [5, 5.41) is 3.97. The number of hydrogen-bond acceptors (Lipinski definition) is 4. The quantitative estimate of drug-likeness (QED) is 0.739. The van der Waals surface area contributed by atoms with E-state index in [0.29, 0.717) is 0 Å². The molecule has 0 saturated heterocycles. The molecule has 0 spiro atoms. The Hall–Kier alpha value is -1.82. The zero-order valence-electron chi connectivity index (χ0n) is 15.4. The Kier molecular flexibility index (Phi) is 5.70. The minimum Gasteiger partial charge on any atom is -0.490 e. The van der Waals surface area contributed by atoms with Crippen molar-refractivity contribution in [1.29, 1.82) is 0 Å². The smallest absolute Gasteiger partial charge is 0.407 e. The molecule has 0 atom stereocenters. The molecule has 5 nitrogen and oxygen atoms in total. The number of rotatable bonds is 3. The Labute approximate surface area is 162 Å². The third-order valence-corrected chi connectivity index (χ3v) is 5.01. The zero-order valence-corrected chi connectivity index (χ0v) is 17.0. The topological polar surface area (TPSA) is 60.5 Å². The summed E-state index contributed by atoms with van der Waals surface area (Å²) >= 11 is 3.54. The van der Waals surface area contributed by atoms with Gasteiger partial charge in [-0.3, -0.25) is 4.98 Å². The Morgan fingerprint density at radius 1 is 1.19 bits per heavy atom. The summed E-state index contributed by atoms with van der Waals surface area (Å²) in [4.78, 5) is 16.3. The molecule has 6 heteroatoms. The van der Waals surface area contributed by atoms with Crippen molar-refractivity contribution in [2.45, 2.75) is 64.2 Å². The molecule has 2 aromatic rings. The van der Waals surface area contributed by atoms with Crippen LogP contribution in [0.25, 0.3) is 10.9 Å². The molecule has 0 aliphatic heterocycles. The first-order chi connectivity index (χ1) is 12.3. The molecule has 1 aliphatic rings. The second kappa shape index (κ2) is 7.82. The van der Waals surface area contributed by atoms with Crippen LogP contribution in [0, 0.1) is 0 Å². The molecule has 140 valence electrons. The molecule has 1 aromatic heterocycles. The van der Waals surface area contributed by atoms with E-state index in [-0.39, 0.29) is 18.2 Å². The molecule has 1 amide bonds. The largest absolute Gasteiger partial charge is 0.490 e. The SMILES string of the molecule is CC(C)(C)OC(=O)N[C@H]1CC[C@H](Oc2ccnc3c(Br)cccc23)CC1. The average molecular weight is 421 g/mol. The molecule has 1 N–H and O–H groups in total. The minimum atomic E-state index is -0.471. The number of carbonyl (C=O) groups excluding carboxylic acids is 1. The predicted octanol–water partition coefficient (Wildman–Crippen LogP) is 5.21. The summed E-state index contributed by atoms with van der Waals surface area (Å²) in [5.74, 6) is 0.861. The Bertz CT molecular complexity index is 780. The molecular weight excluding hydrogens is 396 g/mol. The normalized spacial score (nSPS) is 20.6. The number of ether oxygens (including phenoxy) is 2. The third kappa shape index (κ3) is 4.87.